The molecule has 8 heteroatoms. The third-order valence-electron chi connectivity index (χ3n) is 3.74. The normalized spacial score (nSPS) is 15.5. The van der Waals surface area contributed by atoms with Crippen LogP contribution in [0.15, 0.2) is 42.1 Å². The molecule has 26 heavy (non-hydrogen) atoms. The predicted molar refractivity (Wildman–Crippen MR) is 102 cm³/mol. The van der Waals surface area contributed by atoms with Crippen molar-refractivity contribution in [2.75, 3.05) is 7.05 Å². The molecule has 0 radical (unpaired) electrons. The summed E-state index contributed by atoms with van der Waals surface area (Å²) in [6.45, 7) is 0.207. The first-order valence-electron chi connectivity index (χ1n) is 7.53. The molecular formula is C18H13Cl3N2O3. The fraction of sp³-hybridized carbons (Fsp3) is 0.111. The summed E-state index contributed by atoms with van der Waals surface area (Å²) in [5.74, 6) is -0.115. The van der Waals surface area contributed by atoms with Crippen LogP contribution in [-0.2, 0) is 11.4 Å². The number of likely N-dealkylation sites (N-methyl/N-ethyl adjacent to an activating group) is 1. The fourth-order valence-electron chi connectivity index (χ4n) is 2.36. The number of halogens is 3. The van der Waals surface area contributed by atoms with E-state index in [1.54, 1.807) is 18.2 Å². The number of nitrogens with one attached hydrogen (secondary N) is 1. The third kappa shape index (κ3) is 3.80. The molecule has 0 aromatic heterocycles. The molecule has 0 atom stereocenters. The molecule has 2 aromatic carbocycles. The molecule has 5 nitrogen and oxygen atoms in total. The van der Waals surface area contributed by atoms with Crippen LogP contribution in [0, 0.1) is 0 Å². The number of rotatable bonds is 4. The van der Waals surface area contributed by atoms with Gasteiger partial charge in [0.25, 0.3) is 5.91 Å². The Kier molecular flexibility index (Phi) is 5.41. The summed E-state index contributed by atoms with van der Waals surface area (Å²) < 4.78 is 5.70. The molecule has 0 bridgehead atoms. The van der Waals surface area contributed by atoms with Crippen molar-refractivity contribution in [3.63, 3.8) is 0 Å². The largest absolute Gasteiger partial charge is 0.486 e. The number of ether oxygens (including phenoxy) is 1. The molecule has 0 spiro atoms. The molecule has 1 N–H and O–H groups in total. The molecule has 1 aliphatic heterocycles. The van der Waals surface area contributed by atoms with Crippen LogP contribution in [0.4, 0.5) is 4.79 Å². The predicted octanol–water partition coefficient (Wildman–Crippen LogP) is 4.75. The highest BCUT2D eigenvalue weighted by molar-refractivity contribution is 6.37. The Balaban J connectivity index is 1.82. The minimum Gasteiger partial charge on any atom is -0.486 e. The van der Waals surface area contributed by atoms with Crippen LogP contribution in [0.3, 0.4) is 0 Å². The lowest BCUT2D eigenvalue weighted by Crippen LogP contribution is -2.25. The molecule has 2 aromatic rings. The zero-order valence-electron chi connectivity index (χ0n) is 13.6. The summed E-state index contributed by atoms with van der Waals surface area (Å²) in [5.41, 5.74) is 1.51. The van der Waals surface area contributed by atoms with E-state index in [9.17, 15) is 9.59 Å². The van der Waals surface area contributed by atoms with Gasteiger partial charge >= 0.3 is 6.03 Å². The van der Waals surface area contributed by atoms with Gasteiger partial charge in [0.1, 0.15) is 12.3 Å². The first-order chi connectivity index (χ1) is 12.4. The second-order valence-corrected chi connectivity index (χ2v) is 6.77. The van der Waals surface area contributed by atoms with E-state index in [4.69, 9.17) is 39.5 Å². The van der Waals surface area contributed by atoms with Crippen LogP contribution in [0.5, 0.6) is 5.75 Å². The van der Waals surface area contributed by atoms with Gasteiger partial charge in [-0.15, -0.1) is 0 Å². The van der Waals surface area contributed by atoms with Crippen LogP contribution in [0.2, 0.25) is 15.1 Å². The van der Waals surface area contributed by atoms with Gasteiger partial charge in [-0.05, 0) is 29.8 Å². The van der Waals surface area contributed by atoms with E-state index in [2.05, 4.69) is 5.32 Å². The Morgan fingerprint density at radius 2 is 1.73 bits per heavy atom. The number of nitrogens with zero attached hydrogens (tertiary/aromatic N) is 1. The summed E-state index contributed by atoms with van der Waals surface area (Å²) in [6, 6.07) is 10.00. The maximum atomic E-state index is 11.9. The van der Waals surface area contributed by atoms with Crippen molar-refractivity contribution < 1.29 is 14.3 Å². The molecule has 1 heterocycles. The van der Waals surface area contributed by atoms with Crippen LogP contribution in [0.25, 0.3) is 6.08 Å². The standard InChI is InChI=1S/C18H13Cl3N2O3/c1-23-17(24)15(22-18(23)25)8-10-6-13(20)16(14(21)7-10)26-9-11-4-2-3-5-12(11)19/h2-8H,9H2,1H3,(H,22,25). The average molecular weight is 412 g/mol. The Labute approximate surface area is 165 Å². The number of carbonyl (C=O) groups excluding carboxylic acids is 2. The lowest BCUT2D eigenvalue weighted by Gasteiger charge is -2.12. The van der Waals surface area contributed by atoms with Gasteiger partial charge < -0.3 is 10.1 Å². The van der Waals surface area contributed by atoms with Crippen LogP contribution >= 0.6 is 34.8 Å². The summed E-state index contributed by atoms with van der Waals surface area (Å²) >= 11 is 18.6. The molecule has 1 fully saturated rings. The summed E-state index contributed by atoms with van der Waals surface area (Å²) in [4.78, 5) is 24.4. The van der Waals surface area contributed by atoms with E-state index < -0.39 is 11.9 Å². The second kappa shape index (κ2) is 7.58. The second-order valence-electron chi connectivity index (χ2n) is 5.55. The maximum Gasteiger partial charge on any atom is 0.328 e. The minimum atomic E-state index is -0.488. The van der Waals surface area contributed by atoms with Gasteiger partial charge in [-0.2, -0.15) is 0 Å². The van der Waals surface area contributed by atoms with Gasteiger partial charge in [0.2, 0.25) is 0 Å². The van der Waals surface area contributed by atoms with E-state index in [-0.39, 0.29) is 22.3 Å². The first-order valence-corrected chi connectivity index (χ1v) is 8.66. The Morgan fingerprint density at radius 3 is 2.31 bits per heavy atom. The Morgan fingerprint density at radius 1 is 1.08 bits per heavy atom. The Hall–Kier alpha value is -2.21. The van der Waals surface area contributed by atoms with Crippen molar-refractivity contribution in [2.45, 2.75) is 6.61 Å². The number of hydrogen-bond donors (Lipinski definition) is 1. The highest BCUT2D eigenvalue weighted by Gasteiger charge is 2.30. The van der Waals surface area contributed by atoms with Gasteiger partial charge in [0.15, 0.2) is 5.75 Å². The van der Waals surface area contributed by atoms with Gasteiger partial charge in [0.05, 0.1) is 10.0 Å². The number of imide groups is 1. The highest BCUT2D eigenvalue weighted by Crippen LogP contribution is 2.36. The van der Waals surface area contributed by atoms with Crippen molar-refractivity contribution >= 4 is 52.8 Å². The Bertz CT molecular complexity index is 905. The maximum absolute atomic E-state index is 11.9. The van der Waals surface area contributed by atoms with Crippen molar-refractivity contribution in [2.24, 2.45) is 0 Å². The van der Waals surface area contributed by atoms with Gasteiger partial charge in [-0.1, -0.05) is 53.0 Å². The monoisotopic (exact) mass is 410 g/mol. The van der Waals surface area contributed by atoms with Crippen molar-refractivity contribution in [3.05, 3.63) is 68.3 Å². The summed E-state index contributed by atoms with van der Waals surface area (Å²) in [5, 5.41) is 3.62. The molecular weight excluding hydrogens is 399 g/mol. The number of urea groups is 1. The number of amides is 3. The fourth-order valence-corrected chi connectivity index (χ4v) is 3.16. The topological polar surface area (TPSA) is 58.6 Å². The van der Waals surface area contributed by atoms with E-state index >= 15 is 0 Å². The molecule has 3 rings (SSSR count). The summed E-state index contributed by atoms with van der Waals surface area (Å²) in [7, 11) is 1.39. The molecule has 134 valence electrons. The van der Waals surface area contributed by atoms with E-state index in [1.165, 1.54) is 13.1 Å². The highest BCUT2D eigenvalue weighted by atomic mass is 35.5. The quantitative estimate of drug-likeness (QED) is 0.583. The van der Waals surface area contributed by atoms with Gasteiger partial charge in [0, 0.05) is 17.6 Å². The first kappa shape index (κ1) is 18.6. The van der Waals surface area contributed by atoms with E-state index in [0.717, 1.165) is 10.5 Å². The lowest BCUT2D eigenvalue weighted by molar-refractivity contribution is -0.121. The number of carbonyl (C=O) groups is 2. The lowest BCUT2D eigenvalue weighted by atomic mass is 10.1. The SMILES string of the molecule is CN1C(=O)NC(=Cc2cc(Cl)c(OCc3ccccc3Cl)c(Cl)c2)C1=O. The van der Waals surface area contributed by atoms with Gasteiger partial charge in [-0.3, -0.25) is 9.69 Å². The molecule has 0 saturated carbocycles. The molecule has 3 amide bonds. The smallest absolute Gasteiger partial charge is 0.328 e. The van der Waals surface area contributed by atoms with Crippen LogP contribution in [0.1, 0.15) is 11.1 Å². The zero-order valence-corrected chi connectivity index (χ0v) is 15.8. The molecule has 1 saturated heterocycles. The number of benzene rings is 2. The van der Waals surface area contributed by atoms with Crippen molar-refractivity contribution in [1.29, 1.82) is 0 Å². The number of hydrogen-bond acceptors (Lipinski definition) is 3. The van der Waals surface area contributed by atoms with Crippen LogP contribution in [-0.4, -0.2) is 23.9 Å². The minimum absolute atomic E-state index is 0.148. The van der Waals surface area contributed by atoms with Gasteiger partial charge in [-0.25, -0.2) is 4.79 Å². The zero-order chi connectivity index (χ0) is 18.8. The van der Waals surface area contributed by atoms with Crippen LogP contribution < -0.4 is 10.1 Å². The molecule has 0 unspecified atom stereocenters. The van der Waals surface area contributed by atoms with E-state index in [1.807, 2.05) is 18.2 Å². The molecule has 1 aliphatic rings. The van der Waals surface area contributed by atoms with Crippen molar-refractivity contribution in [3.8, 4) is 5.75 Å². The third-order valence-corrected chi connectivity index (χ3v) is 4.67. The van der Waals surface area contributed by atoms with E-state index in [0.29, 0.717) is 16.3 Å². The average Bonchev–Trinajstić information content (AvgIpc) is 2.82. The molecule has 0 aliphatic carbocycles. The van der Waals surface area contributed by atoms with Crippen molar-refractivity contribution in [1.82, 2.24) is 10.2 Å². The summed E-state index contributed by atoms with van der Waals surface area (Å²) in [6.07, 6.45) is 1.50.